The van der Waals surface area contributed by atoms with E-state index in [2.05, 4.69) is 56.3 Å². The highest BCUT2D eigenvalue weighted by atomic mass is 35.5. The molecule has 2 aromatic rings. The summed E-state index contributed by atoms with van der Waals surface area (Å²) in [5, 5.41) is 2.67. The Hall–Kier alpha value is -1.05. The molecule has 2 aromatic carbocycles. The molecular formula is C15H20ClN. The Morgan fingerprint density at radius 1 is 1.00 bits per heavy atom. The van der Waals surface area contributed by atoms with Gasteiger partial charge in [-0.3, -0.25) is 0 Å². The molecule has 0 spiro atoms. The lowest BCUT2D eigenvalue weighted by molar-refractivity contribution is 0.378. The Bertz CT molecular complexity index is 486. The van der Waals surface area contributed by atoms with Gasteiger partial charge in [-0.25, -0.2) is 0 Å². The molecule has 0 saturated heterocycles. The smallest absolute Gasteiger partial charge is 0.00226 e. The molecule has 0 aliphatic heterocycles. The van der Waals surface area contributed by atoms with Crippen molar-refractivity contribution in [1.29, 1.82) is 0 Å². The van der Waals surface area contributed by atoms with Gasteiger partial charge < -0.3 is 5.73 Å². The number of benzene rings is 2. The Labute approximate surface area is 109 Å². The van der Waals surface area contributed by atoms with Gasteiger partial charge in [0, 0.05) is 0 Å². The number of fused-ring (bicyclic) bond motifs is 1. The Morgan fingerprint density at radius 2 is 1.65 bits per heavy atom. The molecule has 17 heavy (non-hydrogen) atoms. The number of rotatable bonds is 3. The molecule has 2 heteroatoms. The first-order valence-electron chi connectivity index (χ1n) is 5.79. The second-order valence-electron chi connectivity index (χ2n) is 5.18. The molecule has 0 aliphatic carbocycles. The normalized spacial score (nSPS) is 11.2. The van der Waals surface area contributed by atoms with Crippen molar-refractivity contribution in [3.8, 4) is 0 Å². The van der Waals surface area contributed by atoms with Crippen LogP contribution in [0.3, 0.4) is 0 Å². The SMILES string of the molecule is CC(C)(CN)Cc1cccc2ccccc12.Cl. The van der Waals surface area contributed by atoms with E-state index in [0.29, 0.717) is 0 Å². The van der Waals surface area contributed by atoms with E-state index < -0.39 is 0 Å². The first-order chi connectivity index (χ1) is 7.62. The average Bonchev–Trinajstić information content (AvgIpc) is 2.29. The zero-order valence-electron chi connectivity index (χ0n) is 10.4. The van der Waals surface area contributed by atoms with Crippen molar-refractivity contribution in [3.05, 3.63) is 48.0 Å². The van der Waals surface area contributed by atoms with Gasteiger partial charge >= 0.3 is 0 Å². The lowest BCUT2D eigenvalue weighted by atomic mass is 9.84. The van der Waals surface area contributed by atoms with Crippen LogP contribution in [0.5, 0.6) is 0 Å². The standard InChI is InChI=1S/C15H19N.ClH/c1-15(2,11-16)10-13-8-5-7-12-6-3-4-9-14(12)13;/h3-9H,10-11,16H2,1-2H3;1H. The summed E-state index contributed by atoms with van der Waals surface area (Å²) in [6, 6.07) is 15.0. The van der Waals surface area contributed by atoms with Crippen molar-refractivity contribution in [2.24, 2.45) is 11.1 Å². The summed E-state index contributed by atoms with van der Waals surface area (Å²) in [5.41, 5.74) is 7.37. The summed E-state index contributed by atoms with van der Waals surface area (Å²) in [6.07, 6.45) is 1.03. The molecule has 0 radical (unpaired) electrons. The van der Waals surface area contributed by atoms with Crippen LogP contribution in [0.15, 0.2) is 42.5 Å². The van der Waals surface area contributed by atoms with Gasteiger partial charge in [-0.05, 0) is 34.7 Å². The lowest BCUT2D eigenvalue weighted by Crippen LogP contribution is -2.25. The van der Waals surface area contributed by atoms with Crippen LogP contribution in [-0.2, 0) is 6.42 Å². The lowest BCUT2D eigenvalue weighted by Gasteiger charge is -2.23. The largest absolute Gasteiger partial charge is 0.330 e. The molecule has 2 rings (SSSR count). The molecule has 0 aliphatic rings. The van der Waals surface area contributed by atoms with E-state index in [1.807, 2.05) is 0 Å². The Morgan fingerprint density at radius 3 is 2.35 bits per heavy atom. The quantitative estimate of drug-likeness (QED) is 0.880. The van der Waals surface area contributed by atoms with Crippen LogP contribution < -0.4 is 5.73 Å². The van der Waals surface area contributed by atoms with Crippen LogP contribution in [0.2, 0.25) is 0 Å². The predicted octanol–water partition coefficient (Wildman–Crippen LogP) is 3.79. The van der Waals surface area contributed by atoms with Gasteiger partial charge in [-0.2, -0.15) is 0 Å². The van der Waals surface area contributed by atoms with Gasteiger partial charge in [-0.15, -0.1) is 12.4 Å². The first kappa shape index (κ1) is 14.0. The number of hydrogen-bond donors (Lipinski definition) is 1. The number of hydrogen-bond acceptors (Lipinski definition) is 1. The van der Waals surface area contributed by atoms with Crippen LogP contribution >= 0.6 is 12.4 Å². The first-order valence-corrected chi connectivity index (χ1v) is 5.79. The molecule has 0 heterocycles. The van der Waals surface area contributed by atoms with E-state index in [9.17, 15) is 0 Å². The molecule has 0 aromatic heterocycles. The van der Waals surface area contributed by atoms with E-state index in [0.717, 1.165) is 13.0 Å². The van der Waals surface area contributed by atoms with E-state index in [4.69, 9.17) is 5.73 Å². The van der Waals surface area contributed by atoms with Gasteiger partial charge in [0.2, 0.25) is 0 Å². The van der Waals surface area contributed by atoms with Crippen LogP contribution in [0, 0.1) is 5.41 Å². The number of nitrogens with two attached hydrogens (primary N) is 1. The van der Waals surface area contributed by atoms with Gasteiger partial charge in [0.05, 0.1) is 0 Å². The fourth-order valence-electron chi connectivity index (χ4n) is 2.03. The van der Waals surface area contributed by atoms with Gasteiger partial charge in [0.25, 0.3) is 0 Å². The molecule has 2 N–H and O–H groups in total. The molecule has 0 saturated carbocycles. The molecule has 0 fully saturated rings. The predicted molar refractivity (Wildman–Crippen MR) is 77.7 cm³/mol. The van der Waals surface area contributed by atoms with E-state index in [-0.39, 0.29) is 17.8 Å². The molecule has 0 amide bonds. The van der Waals surface area contributed by atoms with Crippen molar-refractivity contribution in [2.45, 2.75) is 20.3 Å². The molecule has 0 bridgehead atoms. The van der Waals surface area contributed by atoms with Crippen LogP contribution in [-0.4, -0.2) is 6.54 Å². The Balaban J connectivity index is 0.00000144. The van der Waals surface area contributed by atoms with Crippen molar-refractivity contribution in [1.82, 2.24) is 0 Å². The molecule has 1 nitrogen and oxygen atoms in total. The van der Waals surface area contributed by atoms with Gasteiger partial charge in [0.1, 0.15) is 0 Å². The zero-order chi connectivity index (χ0) is 11.6. The maximum atomic E-state index is 5.80. The third-order valence-corrected chi connectivity index (χ3v) is 3.10. The zero-order valence-corrected chi connectivity index (χ0v) is 11.3. The summed E-state index contributed by atoms with van der Waals surface area (Å²) in [6.45, 7) is 5.15. The maximum Gasteiger partial charge on any atom is -0.00226 e. The summed E-state index contributed by atoms with van der Waals surface area (Å²) in [7, 11) is 0. The summed E-state index contributed by atoms with van der Waals surface area (Å²) < 4.78 is 0. The summed E-state index contributed by atoms with van der Waals surface area (Å²) in [4.78, 5) is 0. The van der Waals surface area contributed by atoms with Crippen molar-refractivity contribution in [3.63, 3.8) is 0 Å². The second-order valence-corrected chi connectivity index (χ2v) is 5.18. The minimum absolute atomic E-state index is 0. The maximum absolute atomic E-state index is 5.80. The van der Waals surface area contributed by atoms with E-state index in [1.165, 1.54) is 16.3 Å². The highest BCUT2D eigenvalue weighted by Gasteiger charge is 2.17. The Kier molecular flexibility index (Phi) is 4.55. The number of halogens is 1. The fourth-order valence-corrected chi connectivity index (χ4v) is 2.03. The van der Waals surface area contributed by atoms with E-state index >= 15 is 0 Å². The fraction of sp³-hybridized carbons (Fsp3) is 0.333. The van der Waals surface area contributed by atoms with Gasteiger partial charge in [0.15, 0.2) is 0 Å². The van der Waals surface area contributed by atoms with E-state index in [1.54, 1.807) is 0 Å². The second kappa shape index (κ2) is 5.52. The molecular weight excluding hydrogens is 230 g/mol. The topological polar surface area (TPSA) is 26.0 Å². The molecule has 0 atom stereocenters. The van der Waals surface area contributed by atoms with Gasteiger partial charge in [-0.1, -0.05) is 56.3 Å². The molecule has 92 valence electrons. The summed E-state index contributed by atoms with van der Waals surface area (Å²) in [5.74, 6) is 0. The van der Waals surface area contributed by atoms with Crippen LogP contribution in [0.25, 0.3) is 10.8 Å². The van der Waals surface area contributed by atoms with Crippen LogP contribution in [0.1, 0.15) is 19.4 Å². The van der Waals surface area contributed by atoms with Crippen molar-refractivity contribution >= 4 is 23.2 Å². The molecule has 0 unspecified atom stereocenters. The summed E-state index contributed by atoms with van der Waals surface area (Å²) >= 11 is 0. The third kappa shape index (κ3) is 3.21. The minimum atomic E-state index is 0. The van der Waals surface area contributed by atoms with Crippen LogP contribution in [0.4, 0.5) is 0 Å². The highest BCUT2D eigenvalue weighted by molar-refractivity contribution is 5.86. The van der Waals surface area contributed by atoms with Crippen molar-refractivity contribution in [2.75, 3.05) is 6.54 Å². The highest BCUT2D eigenvalue weighted by Crippen LogP contribution is 2.26. The monoisotopic (exact) mass is 249 g/mol. The third-order valence-electron chi connectivity index (χ3n) is 3.10. The average molecular weight is 250 g/mol. The van der Waals surface area contributed by atoms with Crippen molar-refractivity contribution < 1.29 is 0 Å². The minimum Gasteiger partial charge on any atom is -0.330 e.